The van der Waals surface area contributed by atoms with Crippen molar-refractivity contribution >= 4 is 48.5 Å². The Bertz CT molecular complexity index is 624. The van der Waals surface area contributed by atoms with Gasteiger partial charge < -0.3 is 27.7 Å². The van der Waals surface area contributed by atoms with Crippen molar-refractivity contribution in [2.24, 2.45) is 5.73 Å². The molecule has 3 aliphatic rings. The standard InChI is InChI=1S/C16H24N4O3S.3ClH/c1-18-5-8-20(2,9-6-18)7-3-4-11-10-24-15-12(17)14(21)19(15)13(11)16(22)23;;;/h3-4,12,15H,5-10,17H2,1-2H3;3*1H/b4-3+;;;/t12-,15-;;;/m1.../s1. The highest BCUT2D eigenvalue weighted by Crippen LogP contribution is 2.39. The van der Waals surface area contributed by atoms with Gasteiger partial charge in [-0.3, -0.25) is 14.6 Å². The minimum Gasteiger partial charge on any atom is -1.00 e. The lowest BCUT2D eigenvalue weighted by atomic mass is 10.0. The van der Waals surface area contributed by atoms with Crippen LogP contribution in [0, 0.1) is 0 Å². The number of carbonyl (C=O) groups excluding carboxylic acids is 1. The molecule has 0 aliphatic carbocycles. The highest BCUT2D eigenvalue weighted by atomic mass is 35.5. The van der Waals surface area contributed by atoms with Crippen LogP contribution in [0.25, 0.3) is 0 Å². The number of nitrogens with two attached hydrogens (primary N) is 1. The third kappa shape index (κ3) is 5.32. The molecule has 0 spiro atoms. The van der Waals surface area contributed by atoms with Crippen LogP contribution >= 0.6 is 36.6 Å². The highest BCUT2D eigenvalue weighted by molar-refractivity contribution is 8.00. The minimum atomic E-state index is -1.06. The average molecular weight is 462 g/mol. The van der Waals surface area contributed by atoms with Crippen LogP contribution < -0.4 is 18.1 Å². The number of carboxylic acid groups (broad SMARTS) is 1. The van der Waals surface area contributed by atoms with E-state index in [2.05, 4.69) is 25.1 Å². The third-order valence-electron chi connectivity index (χ3n) is 5.15. The van der Waals surface area contributed by atoms with E-state index in [0.29, 0.717) is 11.3 Å². The molecule has 156 valence electrons. The van der Waals surface area contributed by atoms with E-state index in [1.54, 1.807) is 0 Å². The number of piperazine rings is 1. The van der Waals surface area contributed by atoms with Gasteiger partial charge in [-0.25, -0.2) is 4.79 Å². The second kappa shape index (κ2) is 10.3. The summed E-state index contributed by atoms with van der Waals surface area (Å²) in [7, 11) is 4.36. The number of carbonyl (C=O) groups is 2. The fourth-order valence-corrected chi connectivity index (χ4v) is 4.61. The molecular weight excluding hydrogens is 435 g/mol. The number of aliphatic carboxylic acids is 1. The number of quaternary nitrogens is 1. The van der Waals surface area contributed by atoms with Gasteiger partial charge in [0.15, 0.2) is 0 Å². The normalized spacial score (nSPS) is 27.1. The zero-order valence-electron chi connectivity index (χ0n) is 15.3. The van der Waals surface area contributed by atoms with E-state index in [-0.39, 0.29) is 54.2 Å². The molecule has 0 aromatic carbocycles. The average Bonchev–Trinajstić information content (AvgIpc) is 2.56. The molecule has 2 saturated heterocycles. The summed E-state index contributed by atoms with van der Waals surface area (Å²) in [4.78, 5) is 27.2. The SMILES string of the molecule is CN1CC[N+](C)(C/C=C/C2=C(C(=O)O)N3C(=O)[C@@H](N)[C@H]3SC2)CC1.Cl.Cl.[Cl-]. The van der Waals surface area contributed by atoms with Gasteiger partial charge in [-0.15, -0.1) is 36.6 Å². The minimum absolute atomic E-state index is 0. The van der Waals surface area contributed by atoms with Crippen molar-refractivity contribution in [3.63, 3.8) is 0 Å². The summed E-state index contributed by atoms with van der Waals surface area (Å²) in [5, 5.41) is 9.28. The first-order valence-electron chi connectivity index (χ1n) is 8.18. The molecule has 0 saturated carbocycles. The van der Waals surface area contributed by atoms with Gasteiger partial charge in [0.25, 0.3) is 0 Å². The molecule has 3 heterocycles. The molecule has 0 unspecified atom stereocenters. The molecule has 0 aromatic heterocycles. The first-order valence-corrected chi connectivity index (χ1v) is 9.23. The van der Waals surface area contributed by atoms with Gasteiger partial charge in [0, 0.05) is 18.8 Å². The summed E-state index contributed by atoms with van der Waals surface area (Å²) in [6.07, 6.45) is 3.93. The van der Waals surface area contributed by atoms with Crippen LogP contribution in [0.3, 0.4) is 0 Å². The number of allylic oxidation sites excluding steroid dienone is 1. The molecule has 0 radical (unpaired) electrons. The van der Waals surface area contributed by atoms with Gasteiger partial charge in [0.05, 0.1) is 26.7 Å². The molecular formula is C16H27Cl3N4O3S. The van der Waals surface area contributed by atoms with Crippen molar-refractivity contribution in [1.82, 2.24) is 9.80 Å². The smallest absolute Gasteiger partial charge is 0.352 e. The zero-order chi connectivity index (χ0) is 17.5. The number of fused-ring (bicyclic) bond motifs is 1. The molecule has 0 aromatic rings. The molecule has 11 heteroatoms. The van der Waals surface area contributed by atoms with E-state index >= 15 is 0 Å². The number of carboxylic acids is 1. The number of hydrogen-bond acceptors (Lipinski definition) is 5. The lowest BCUT2D eigenvalue weighted by molar-refractivity contribution is -0.908. The van der Waals surface area contributed by atoms with Crippen molar-refractivity contribution in [2.75, 3.05) is 52.6 Å². The van der Waals surface area contributed by atoms with Crippen LogP contribution in [-0.2, 0) is 9.59 Å². The van der Waals surface area contributed by atoms with Crippen LogP contribution in [-0.4, -0.2) is 95.3 Å². The van der Waals surface area contributed by atoms with E-state index < -0.39 is 12.0 Å². The number of β-lactam (4-membered cyclic amide) rings is 1. The topological polar surface area (TPSA) is 86.9 Å². The highest BCUT2D eigenvalue weighted by Gasteiger charge is 2.51. The van der Waals surface area contributed by atoms with Gasteiger partial charge in [0.2, 0.25) is 5.91 Å². The van der Waals surface area contributed by atoms with Gasteiger partial charge in [-0.1, -0.05) is 6.08 Å². The number of nitrogens with zero attached hydrogens (tertiary/aromatic N) is 3. The van der Waals surface area contributed by atoms with Gasteiger partial charge in [-0.2, -0.15) is 0 Å². The van der Waals surface area contributed by atoms with Crippen LogP contribution in [0.5, 0.6) is 0 Å². The van der Waals surface area contributed by atoms with Crippen LogP contribution in [0.4, 0.5) is 0 Å². The summed E-state index contributed by atoms with van der Waals surface area (Å²) >= 11 is 1.54. The first-order chi connectivity index (χ1) is 11.3. The molecule has 27 heavy (non-hydrogen) atoms. The molecule has 3 N–H and O–H groups in total. The summed E-state index contributed by atoms with van der Waals surface area (Å²) in [6.45, 7) is 5.19. The summed E-state index contributed by atoms with van der Waals surface area (Å²) in [6, 6.07) is -0.579. The Morgan fingerprint density at radius 3 is 2.52 bits per heavy atom. The molecule has 7 nitrogen and oxygen atoms in total. The quantitative estimate of drug-likeness (QED) is 0.352. The lowest BCUT2D eigenvalue weighted by Crippen LogP contribution is -3.00. The predicted octanol–water partition coefficient (Wildman–Crippen LogP) is -2.64. The fourth-order valence-electron chi connectivity index (χ4n) is 3.35. The largest absolute Gasteiger partial charge is 1.00 e. The van der Waals surface area contributed by atoms with Crippen LogP contribution in [0.15, 0.2) is 23.4 Å². The van der Waals surface area contributed by atoms with Crippen LogP contribution in [0.1, 0.15) is 0 Å². The number of halogens is 3. The van der Waals surface area contributed by atoms with E-state index in [4.69, 9.17) is 5.73 Å². The van der Waals surface area contributed by atoms with E-state index in [1.807, 2.05) is 6.08 Å². The first kappa shape index (κ1) is 26.5. The van der Waals surface area contributed by atoms with Crippen molar-refractivity contribution < 1.29 is 31.6 Å². The summed E-state index contributed by atoms with van der Waals surface area (Å²) in [5.41, 5.74) is 6.56. The Hall–Kier alpha value is -0.480. The van der Waals surface area contributed by atoms with Gasteiger partial charge in [-0.05, 0) is 18.7 Å². The molecule has 0 bridgehead atoms. The van der Waals surface area contributed by atoms with Crippen LogP contribution in [0.2, 0.25) is 0 Å². The number of amides is 1. The number of hydrogen-bond donors (Lipinski definition) is 2. The van der Waals surface area contributed by atoms with E-state index in [0.717, 1.165) is 37.2 Å². The maximum Gasteiger partial charge on any atom is 0.352 e. The van der Waals surface area contributed by atoms with E-state index in [9.17, 15) is 14.7 Å². The lowest BCUT2D eigenvalue weighted by Gasteiger charge is -2.47. The Morgan fingerprint density at radius 1 is 1.37 bits per heavy atom. The van der Waals surface area contributed by atoms with Crippen molar-refractivity contribution in [1.29, 1.82) is 0 Å². The predicted molar refractivity (Wildman–Crippen MR) is 108 cm³/mol. The molecule has 3 rings (SSSR count). The maximum absolute atomic E-state index is 11.9. The third-order valence-corrected chi connectivity index (χ3v) is 6.47. The second-order valence-corrected chi connectivity index (χ2v) is 8.17. The Balaban J connectivity index is 0.00000225. The van der Waals surface area contributed by atoms with Gasteiger partial charge in [0.1, 0.15) is 17.1 Å². The monoisotopic (exact) mass is 460 g/mol. The zero-order valence-corrected chi connectivity index (χ0v) is 18.5. The second-order valence-electron chi connectivity index (χ2n) is 7.07. The Kier molecular flexibility index (Phi) is 10.2. The summed E-state index contributed by atoms with van der Waals surface area (Å²) < 4.78 is 0.958. The molecule has 2 atom stereocenters. The molecule has 1 amide bonds. The van der Waals surface area contributed by atoms with E-state index in [1.165, 1.54) is 16.7 Å². The maximum atomic E-state index is 11.9. The molecule has 3 aliphatic heterocycles. The molecule has 2 fully saturated rings. The fraction of sp³-hybridized carbons (Fsp3) is 0.625. The van der Waals surface area contributed by atoms with Crippen molar-refractivity contribution in [3.8, 4) is 0 Å². The Labute approximate surface area is 182 Å². The number of thioether (sulfide) groups is 1. The summed E-state index contributed by atoms with van der Waals surface area (Å²) in [5.74, 6) is -0.777. The van der Waals surface area contributed by atoms with Crippen molar-refractivity contribution in [2.45, 2.75) is 11.4 Å². The van der Waals surface area contributed by atoms with Gasteiger partial charge >= 0.3 is 5.97 Å². The number of rotatable bonds is 4. The van der Waals surface area contributed by atoms with Crippen molar-refractivity contribution in [3.05, 3.63) is 23.4 Å². The Morgan fingerprint density at radius 2 is 1.96 bits per heavy atom. The number of likely N-dealkylation sites (N-methyl/N-ethyl adjacent to an activating group) is 2.